The summed E-state index contributed by atoms with van der Waals surface area (Å²) < 4.78 is 5.08. The molecule has 1 amide bonds. The molecule has 0 radical (unpaired) electrons. The molecule has 1 rings (SSSR count). The van der Waals surface area contributed by atoms with E-state index < -0.39 is 5.60 Å². The van der Waals surface area contributed by atoms with Crippen LogP contribution in [0.5, 0.6) is 0 Å². The largest absolute Gasteiger partial charge is 0.444 e. The van der Waals surface area contributed by atoms with Gasteiger partial charge in [-0.05, 0) is 33.6 Å². The van der Waals surface area contributed by atoms with Gasteiger partial charge in [-0.1, -0.05) is 0 Å². The van der Waals surface area contributed by atoms with E-state index in [0.29, 0.717) is 0 Å². The molecule has 14 heavy (non-hydrogen) atoms. The van der Waals surface area contributed by atoms with Gasteiger partial charge in [-0.15, -0.1) is 0 Å². The quantitative estimate of drug-likeness (QED) is 0.695. The van der Waals surface area contributed by atoms with Crippen LogP contribution in [0.1, 0.15) is 33.6 Å². The fourth-order valence-corrected chi connectivity index (χ4v) is 1.32. The molecular weight excluding hydrogens is 180 g/mol. The Kier molecular flexibility index (Phi) is 3.00. The molecule has 1 saturated carbocycles. The Bertz CT molecular complexity index is 256. The molecule has 0 heterocycles. The van der Waals surface area contributed by atoms with E-state index in [4.69, 9.17) is 10.00 Å². The van der Waals surface area contributed by atoms with Crippen LogP contribution in [0.4, 0.5) is 4.79 Å². The predicted molar refractivity (Wildman–Crippen MR) is 51.5 cm³/mol. The van der Waals surface area contributed by atoms with Gasteiger partial charge in [-0.2, -0.15) is 5.26 Å². The number of rotatable bonds is 1. The Morgan fingerprint density at radius 2 is 2.07 bits per heavy atom. The SMILES string of the molecule is CC(C)(C)OC(=O)NC1CC(C#N)C1. The number of hydrogen-bond acceptors (Lipinski definition) is 3. The van der Waals surface area contributed by atoms with Crippen LogP contribution in [-0.2, 0) is 4.74 Å². The summed E-state index contributed by atoms with van der Waals surface area (Å²) >= 11 is 0. The first-order valence-electron chi connectivity index (χ1n) is 4.80. The van der Waals surface area contributed by atoms with Crippen molar-refractivity contribution < 1.29 is 9.53 Å². The van der Waals surface area contributed by atoms with Crippen molar-refractivity contribution in [2.24, 2.45) is 5.92 Å². The molecule has 4 heteroatoms. The Balaban J connectivity index is 2.21. The van der Waals surface area contributed by atoms with Crippen molar-refractivity contribution in [3.63, 3.8) is 0 Å². The maximum atomic E-state index is 11.2. The zero-order valence-electron chi connectivity index (χ0n) is 8.83. The molecule has 0 unspecified atom stereocenters. The van der Waals surface area contributed by atoms with Gasteiger partial charge in [0.1, 0.15) is 5.60 Å². The monoisotopic (exact) mass is 196 g/mol. The normalized spacial score (nSPS) is 25.9. The highest BCUT2D eigenvalue weighted by molar-refractivity contribution is 5.68. The number of nitriles is 1. The van der Waals surface area contributed by atoms with Gasteiger partial charge >= 0.3 is 6.09 Å². The molecule has 0 spiro atoms. The lowest BCUT2D eigenvalue weighted by atomic mass is 9.81. The van der Waals surface area contributed by atoms with Crippen LogP contribution in [0.25, 0.3) is 0 Å². The number of amides is 1. The number of nitrogens with zero attached hydrogens (tertiary/aromatic N) is 1. The first kappa shape index (κ1) is 10.8. The minimum absolute atomic E-state index is 0.106. The van der Waals surface area contributed by atoms with Gasteiger partial charge in [0, 0.05) is 6.04 Å². The zero-order valence-corrected chi connectivity index (χ0v) is 8.83. The van der Waals surface area contributed by atoms with E-state index in [2.05, 4.69) is 11.4 Å². The third-order valence-electron chi connectivity index (χ3n) is 2.04. The van der Waals surface area contributed by atoms with Crippen molar-refractivity contribution in [1.29, 1.82) is 5.26 Å². The number of nitrogens with one attached hydrogen (secondary N) is 1. The van der Waals surface area contributed by atoms with Crippen LogP contribution in [0.3, 0.4) is 0 Å². The Morgan fingerprint density at radius 3 is 2.50 bits per heavy atom. The lowest BCUT2D eigenvalue weighted by molar-refractivity contribution is 0.0466. The van der Waals surface area contributed by atoms with Gasteiger partial charge in [0.2, 0.25) is 0 Å². The highest BCUT2D eigenvalue weighted by atomic mass is 16.6. The van der Waals surface area contributed by atoms with Crippen molar-refractivity contribution in [3.8, 4) is 6.07 Å². The highest BCUT2D eigenvalue weighted by Crippen LogP contribution is 2.26. The summed E-state index contributed by atoms with van der Waals surface area (Å²) in [6.07, 6.45) is 1.10. The standard InChI is InChI=1S/C10H16N2O2/c1-10(2,3)14-9(13)12-8-4-7(5-8)6-11/h7-8H,4-5H2,1-3H3,(H,12,13). The first-order valence-corrected chi connectivity index (χ1v) is 4.80. The molecule has 1 N–H and O–H groups in total. The number of hydrogen-bond donors (Lipinski definition) is 1. The topological polar surface area (TPSA) is 62.1 Å². The van der Waals surface area contributed by atoms with Gasteiger partial charge in [0.05, 0.1) is 12.0 Å². The molecule has 0 bridgehead atoms. The lowest BCUT2D eigenvalue weighted by Crippen LogP contribution is -2.45. The molecule has 78 valence electrons. The molecule has 0 atom stereocenters. The number of carbonyl (C=O) groups is 1. The average Bonchev–Trinajstić information content (AvgIpc) is 1.91. The van der Waals surface area contributed by atoms with Crippen LogP contribution in [-0.4, -0.2) is 17.7 Å². The third-order valence-corrected chi connectivity index (χ3v) is 2.04. The van der Waals surface area contributed by atoms with Gasteiger partial charge in [-0.3, -0.25) is 0 Å². The van der Waals surface area contributed by atoms with Crippen LogP contribution in [0, 0.1) is 17.2 Å². The van der Waals surface area contributed by atoms with E-state index in [-0.39, 0.29) is 18.1 Å². The molecule has 0 aromatic carbocycles. The lowest BCUT2D eigenvalue weighted by Gasteiger charge is -2.32. The van der Waals surface area contributed by atoms with Crippen molar-refractivity contribution >= 4 is 6.09 Å². The first-order chi connectivity index (χ1) is 6.40. The Morgan fingerprint density at radius 1 is 1.50 bits per heavy atom. The summed E-state index contributed by atoms with van der Waals surface area (Å²) in [5.41, 5.74) is -0.456. The molecule has 4 nitrogen and oxygen atoms in total. The second kappa shape index (κ2) is 3.87. The maximum absolute atomic E-state index is 11.2. The van der Waals surface area contributed by atoms with Crippen molar-refractivity contribution in [3.05, 3.63) is 0 Å². The molecule has 1 fully saturated rings. The zero-order chi connectivity index (χ0) is 10.8. The molecule has 0 aromatic heterocycles. The van der Waals surface area contributed by atoms with Crippen molar-refractivity contribution in [2.45, 2.75) is 45.3 Å². The van der Waals surface area contributed by atoms with Crippen molar-refractivity contribution in [1.82, 2.24) is 5.32 Å². The highest BCUT2D eigenvalue weighted by Gasteiger charge is 2.31. The van der Waals surface area contributed by atoms with E-state index in [1.54, 1.807) is 0 Å². The van der Waals surface area contributed by atoms with Crippen molar-refractivity contribution in [2.75, 3.05) is 0 Å². The maximum Gasteiger partial charge on any atom is 0.407 e. The summed E-state index contributed by atoms with van der Waals surface area (Å²) in [5, 5.41) is 11.3. The van der Waals surface area contributed by atoms with Gasteiger partial charge < -0.3 is 10.1 Å². The number of ether oxygens (including phenoxy) is 1. The van der Waals surface area contributed by atoms with E-state index in [1.165, 1.54) is 0 Å². The second-order valence-electron chi connectivity index (χ2n) is 4.64. The smallest absolute Gasteiger partial charge is 0.407 e. The van der Waals surface area contributed by atoms with Crippen LogP contribution in [0.15, 0.2) is 0 Å². The molecular formula is C10H16N2O2. The number of carbonyl (C=O) groups excluding carboxylic acids is 1. The molecule has 0 saturated heterocycles. The van der Waals surface area contributed by atoms with Gasteiger partial charge in [-0.25, -0.2) is 4.79 Å². The minimum atomic E-state index is -0.456. The average molecular weight is 196 g/mol. The second-order valence-corrected chi connectivity index (χ2v) is 4.64. The molecule has 1 aliphatic rings. The van der Waals surface area contributed by atoms with E-state index in [1.807, 2.05) is 20.8 Å². The third kappa shape index (κ3) is 3.25. The number of alkyl carbamates (subject to hydrolysis) is 1. The van der Waals surface area contributed by atoms with Gasteiger partial charge in [0.15, 0.2) is 0 Å². The summed E-state index contributed by atoms with van der Waals surface area (Å²) in [7, 11) is 0. The molecule has 0 aromatic rings. The summed E-state index contributed by atoms with van der Waals surface area (Å²) in [4.78, 5) is 11.2. The van der Waals surface area contributed by atoms with Gasteiger partial charge in [0.25, 0.3) is 0 Å². The minimum Gasteiger partial charge on any atom is -0.444 e. The van der Waals surface area contributed by atoms with Crippen LogP contribution >= 0.6 is 0 Å². The summed E-state index contributed by atoms with van der Waals surface area (Å²) in [5.74, 6) is 0.106. The molecule has 0 aliphatic heterocycles. The van der Waals surface area contributed by atoms with E-state index >= 15 is 0 Å². The predicted octanol–water partition coefficient (Wildman–Crippen LogP) is 1.81. The fraction of sp³-hybridized carbons (Fsp3) is 0.800. The summed E-state index contributed by atoms with van der Waals surface area (Å²) in [6.45, 7) is 5.47. The molecule has 1 aliphatic carbocycles. The van der Waals surface area contributed by atoms with Crippen LogP contribution < -0.4 is 5.32 Å². The van der Waals surface area contributed by atoms with Crippen LogP contribution in [0.2, 0.25) is 0 Å². The Labute approximate surface area is 84.2 Å². The van der Waals surface area contributed by atoms with E-state index in [0.717, 1.165) is 12.8 Å². The fourth-order valence-electron chi connectivity index (χ4n) is 1.32. The summed E-state index contributed by atoms with van der Waals surface area (Å²) in [6, 6.07) is 2.28. The Hall–Kier alpha value is -1.24. The van der Waals surface area contributed by atoms with E-state index in [9.17, 15) is 4.79 Å².